The fourth-order valence-electron chi connectivity index (χ4n) is 2.18. The lowest BCUT2D eigenvalue weighted by molar-refractivity contribution is -0.119. The molecule has 96 valence electrons. The van der Waals surface area contributed by atoms with E-state index in [2.05, 4.69) is 5.32 Å². The molecule has 0 aliphatic carbocycles. The van der Waals surface area contributed by atoms with Gasteiger partial charge in [0.15, 0.2) is 0 Å². The van der Waals surface area contributed by atoms with E-state index in [1.54, 1.807) is 12.1 Å². The van der Waals surface area contributed by atoms with Crippen LogP contribution in [-0.4, -0.2) is 18.0 Å². The SMILES string of the molecule is CCCC1CC(=O)N(c2ccc(C)cc2)C(=O)N1. The first-order valence-electron chi connectivity index (χ1n) is 6.32. The molecule has 1 N–H and O–H groups in total. The van der Waals surface area contributed by atoms with E-state index in [1.165, 1.54) is 4.90 Å². The van der Waals surface area contributed by atoms with E-state index >= 15 is 0 Å². The maximum absolute atomic E-state index is 12.0. The van der Waals surface area contributed by atoms with Crippen molar-refractivity contribution in [3.8, 4) is 0 Å². The van der Waals surface area contributed by atoms with Gasteiger partial charge in [0.1, 0.15) is 0 Å². The fraction of sp³-hybridized carbons (Fsp3) is 0.429. The van der Waals surface area contributed by atoms with Crippen molar-refractivity contribution >= 4 is 17.6 Å². The molecule has 1 unspecified atom stereocenters. The molecule has 0 spiro atoms. The molecule has 2 rings (SSSR count). The number of carbonyl (C=O) groups is 2. The van der Waals surface area contributed by atoms with Crippen molar-refractivity contribution in [1.29, 1.82) is 0 Å². The van der Waals surface area contributed by atoms with E-state index in [0.29, 0.717) is 12.1 Å². The van der Waals surface area contributed by atoms with E-state index in [1.807, 2.05) is 26.0 Å². The zero-order valence-corrected chi connectivity index (χ0v) is 10.8. The number of amides is 3. The minimum absolute atomic E-state index is 0.0169. The molecular formula is C14H18N2O2. The number of aryl methyl sites for hydroxylation is 1. The summed E-state index contributed by atoms with van der Waals surface area (Å²) in [5.41, 5.74) is 1.74. The Balaban J connectivity index is 2.17. The molecule has 1 fully saturated rings. The molecule has 18 heavy (non-hydrogen) atoms. The average molecular weight is 246 g/mol. The second-order valence-electron chi connectivity index (χ2n) is 4.70. The van der Waals surface area contributed by atoms with Gasteiger partial charge in [-0.3, -0.25) is 4.79 Å². The Morgan fingerprint density at radius 1 is 1.28 bits per heavy atom. The Labute approximate surface area is 107 Å². The summed E-state index contributed by atoms with van der Waals surface area (Å²) in [6.07, 6.45) is 2.19. The van der Waals surface area contributed by atoms with Crippen molar-refractivity contribution in [3.05, 3.63) is 29.8 Å². The molecule has 1 heterocycles. The van der Waals surface area contributed by atoms with Crippen LogP contribution in [-0.2, 0) is 4.79 Å². The zero-order valence-electron chi connectivity index (χ0n) is 10.8. The van der Waals surface area contributed by atoms with Gasteiger partial charge in [-0.05, 0) is 25.5 Å². The van der Waals surface area contributed by atoms with Gasteiger partial charge >= 0.3 is 6.03 Å². The van der Waals surface area contributed by atoms with Crippen LogP contribution in [0.15, 0.2) is 24.3 Å². The summed E-state index contributed by atoms with van der Waals surface area (Å²) in [4.78, 5) is 25.2. The number of benzene rings is 1. The molecule has 1 aliphatic heterocycles. The van der Waals surface area contributed by atoms with Gasteiger partial charge in [-0.1, -0.05) is 31.0 Å². The van der Waals surface area contributed by atoms with Crippen molar-refractivity contribution in [1.82, 2.24) is 5.32 Å². The molecule has 4 heteroatoms. The highest BCUT2D eigenvalue weighted by Gasteiger charge is 2.32. The molecule has 0 aromatic heterocycles. The largest absolute Gasteiger partial charge is 0.334 e. The molecule has 1 atom stereocenters. The summed E-state index contributed by atoms with van der Waals surface area (Å²) in [6.45, 7) is 4.02. The van der Waals surface area contributed by atoms with Crippen molar-refractivity contribution in [2.24, 2.45) is 0 Å². The van der Waals surface area contributed by atoms with E-state index in [0.717, 1.165) is 18.4 Å². The summed E-state index contributed by atoms with van der Waals surface area (Å²) < 4.78 is 0. The van der Waals surface area contributed by atoms with Gasteiger partial charge in [-0.2, -0.15) is 0 Å². The van der Waals surface area contributed by atoms with Crippen molar-refractivity contribution in [2.45, 2.75) is 39.2 Å². The zero-order chi connectivity index (χ0) is 13.1. The summed E-state index contributed by atoms with van der Waals surface area (Å²) in [5, 5.41) is 2.88. The number of anilines is 1. The van der Waals surface area contributed by atoms with E-state index in [-0.39, 0.29) is 18.0 Å². The first-order chi connectivity index (χ1) is 8.61. The molecule has 0 saturated carbocycles. The topological polar surface area (TPSA) is 49.4 Å². The summed E-state index contributed by atoms with van der Waals surface area (Å²) in [6, 6.07) is 7.06. The normalized spacial score (nSPS) is 19.9. The third-order valence-corrected chi connectivity index (χ3v) is 3.13. The number of urea groups is 1. The van der Waals surface area contributed by atoms with E-state index in [4.69, 9.17) is 0 Å². The van der Waals surface area contributed by atoms with E-state index < -0.39 is 0 Å². The molecule has 3 amide bonds. The smallest absolute Gasteiger partial charge is 0.328 e. The van der Waals surface area contributed by atoms with Crippen LogP contribution in [0, 0.1) is 6.92 Å². The fourth-order valence-corrected chi connectivity index (χ4v) is 2.18. The first kappa shape index (κ1) is 12.6. The maximum atomic E-state index is 12.0. The van der Waals surface area contributed by atoms with Crippen LogP contribution in [0.4, 0.5) is 10.5 Å². The van der Waals surface area contributed by atoms with Crippen LogP contribution >= 0.6 is 0 Å². The van der Waals surface area contributed by atoms with Crippen molar-refractivity contribution in [2.75, 3.05) is 4.90 Å². The van der Waals surface area contributed by atoms with Gasteiger partial charge in [-0.25, -0.2) is 9.69 Å². The van der Waals surface area contributed by atoms with Gasteiger partial charge in [0.25, 0.3) is 0 Å². The molecule has 0 radical (unpaired) electrons. The highest BCUT2D eigenvalue weighted by atomic mass is 16.2. The summed E-state index contributed by atoms with van der Waals surface area (Å²) >= 11 is 0. The standard InChI is InChI=1S/C14H18N2O2/c1-3-4-11-9-13(17)16(14(18)15-11)12-7-5-10(2)6-8-12/h5-8,11H,3-4,9H2,1-2H3,(H,15,18). The number of rotatable bonds is 3. The number of nitrogens with zero attached hydrogens (tertiary/aromatic N) is 1. The van der Waals surface area contributed by atoms with E-state index in [9.17, 15) is 9.59 Å². The third kappa shape index (κ3) is 2.53. The van der Waals surface area contributed by atoms with Gasteiger partial charge in [0, 0.05) is 12.5 Å². The van der Waals surface area contributed by atoms with Gasteiger partial charge in [-0.15, -0.1) is 0 Å². The lowest BCUT2D eigenvalue weighted by Crippen LogP contribution is -2.54. The lowest BCUT2D eigenvalue weighted by atomic mass is 10.1. The van der Waals surface area contributed by atoms with Crippen LogP contribution in [0.5, 0.6) is 0 Å². The van der Waals surface area contributed by atoms with Crippen LogP contribution < -0.4 is 10.2 Å². The number of imide groups is 1. The Kier molecular flexibility index (Phi) is 3.65. The Morgan fingerprint density at radius 2 is 1.94 bits per heavy atom. The summed E-state index contributed by atoms with van der Waals surface area (Å²) in [5.74, 6) is -0.124. The molecule has 1 aromatic rings. The average Bonchev–Trinajstić information content (AvgIpc) is 2.31. The number of carbonyl (C=O) groups excluding carboxylic acids is 2. The Morgan fingerprint density at radius 3 is 2.50 bits per heavy atom. The van der Waals surface area contributed by atoms with Crippen molar-refractivity contribution < 1.29 is 9.59 Å². The number of hydrogen-bond acceptors (Lipinski definition) is 2. The molecular weight excluding hydrogens is 228 g/mol. The monoisotopic (exact) mass is 246 g/mol. The van der Waals surface area contributed by atoms with Crippen LogP contribution in [0.1, 0.15) is 31.7 Å². The Bertz CT molecular complexity index is 435. The quantitative estimate of drug-likeness (QED) is 0.891. The van der Waals surface area contributed by atoms with Gasteiger partial charge < -0.3 is 5.32 Å². The highest BCUT2D eigenvalue weighted by molar-refractivity contribution is 6.16. The van der Waals surface area contributed by atoms with Crippen LogP contribution in [0.2, 0.25) is 0 Å². The predicted molar refractivity (Wildman–Crippen MR) is 70.5 cm³/mol. The first-order valence-corrected chi connectivity index (χ1v) is 6.32. The molecule has 1 aromatic carbocycles. The molecule has 0 bridgehead atoms. The Hall–Kier alpha value is -1.84. The maximum Gasteiger partial charge on any atom is 0.328 e. The van der Waals surface area contributed by atoms with Gasteiger partial charge in [0.05, 0.1) is 5.69 Å². The predicted octanol–water partition coefficient (Wildman–Crippen LogP) is 2.61. The van der Waals surface area contributed by atoms with Crippen molar-refractivity contribution in [3.63, 3.8) is 0 Å². The molecule has 1 aliphatic rings. The minimum atomic E-state index is -0.312. The summed E-state index contributed by atoms with van der Waals surface area (Å²) in [7, 11) is 0. The molecule has 1 saturated heterocycles. The van der Waals surface area contributed by atoms with Crippen LogP contribution in [0.3, 0.4) is 0 Å². The second kappa shape index (κ2) is 5.21. The lowest BCUT2D eigenvalue weighted by Gasteiger charge is -2.31. The van der Waals surface area contributed by atoms with Gasteiger partial charge in [0.2, 0.25) is 5.91 Å². The highest BCUT2D eigenvalue weighted by Crippen LogP contribution is 2.21. The third-order valence-electron chi connectivity index (χ3n) is 3.13. The number of hydrogen-bond donors (Lipinski definition) is 1. The minimum Gasteiger partial charge on any atom is -0.334 e. The number of nitrogens with one attached hydrogen (secondary N) is 1. The molecule has 4 nitrogen and oxygen atoms in total. The second-order valence-corrected chi connectivity index (χ2v) is 4.70. The van der Waals surface area contributed by atoms with Crippen LogP contribution in [0.25, 0.3) is 0 Å².